The van der Waals surface area contributed by atoms with Crippen molar-refractivity contribution in [3.63, 3.8) is 0 Å². The Hall–Kier alpha value is -1.60. The lowest BCUT2D eigenvalue weighted by Crippen LogP contribution is -2.18. The molecule has 3 rings (SSSR count). The minimum Gasteiger partial charge on any atom is -0.306 e. The van der Waals surface area contributed by atoms with E-state index in [4.69, 9.17) is 0 Å². The monoisotopic (exact) mass is 251 g/mol. The lowest BCUT2D eigenvalue weighted by molar-refractivity contribution is 0.530. The van der Waals surface area contributed by atoms with Gasteiger partial charge in [0.2, 0.25) is 0 Å². The fourth-order valence-corrected chi connectivity index (χ4v) is 3.00. The average Bonchev–Trinajstić information content (AvgIpc) is 2.79. The van der Waals surface area contributed by atoms with E-state index in [0.717, 1.165) is 6.54 Å². The number of nitrogens with one attached hydrogen (secondary N) is 1. The molecule has 0 amide bonds. The highest BCUT2D eigenvalue weighted by atomic mass is 14.9. The van der Waals surface area contributed by atoms with Crippen LogP contribution in [0.15, 0.2) is 42.5 Å². The Bertz CT molecular complexity index is 586. The highest BCUT2D eigenvalue weighted by Crippen LogP contribution is 2.31. The van der Waals surface area contributed by atoms with Gasteiger partial charge >= 0.3 is 0 Å². The fourth-order valence-electron chi connectivity index (χ4n) is 3.00. The molecule has 2 aromatic rings. The molecule has 1 heteroatoms. The summed E-state index contributed by atoms with van der Waals surface area (Å²) in [5, 5.41) is 3.71. The number of hydrogen-bond acceptors (Lipinski definition) is 1. The normalized spacial score (nSPS) is 17.5. The van der Waals surface area contributed by atoms with Crippen molar-refractivity contribution in [1.29, 1.82) is 0 Å². The van der Waals surface area contributed by atoms with E-state index in [9.17, 15) is 0 Å². The number of fused-ring (bicyclic) bond motifs is 1. The molecule has 0 aliphatic heterocycles. The Morgan fingerprint density at radius 3 is 2.74 bits per heavy atom. The van der Waals surface area contributed by atoms with E-state index in [2.05, 4.69) is 61.6 Å². The first-order chi connectivity index (χ1) is 9.22. The zero-order valence-electron chi connectivity index (χ0n) is 11.7. The quantitative estimate of drug-likeness (QED) is 0.866. The van der Waals surface area contributed by atoms with Crippen molar-refractivity contribution in [2.45, 2.75) is 39.3 Å². The molecule has 1 aliphatic carbocycles. The van der Waals surface area contributed by atoms with Crippen LogP contribution in [0.4, 0.5) is 0 Å². The molecule has 0 bridgehead atoms. The van der Waals surface area contributed by atoms with Gasteiger partial charge in [0.25, 0.3) is 0 Å². The zero-order chi connectivity index (χ0) is 13.2. The van der Waals surface area contributed by atoms with Gasteiger partial charge in [-0.3, -0.25) is 0 Å². The molecule has 0 heterocycles. The molecule has 0 saturated carbocycles. The van der Waals surface area contributed by atoms with E-state index in [1.54, 1.807) is 0 Å². The summed E-state index contributed by atoms with van der Waals surface area (Å²) in [7, 11) is 0. The molecule has 1 N–H and O–H groups in total. The van der Waals surface area contributed by atoms with Gasteiger partial charge in [0, 0.05) is 12.6 Å². The van der Waals surface area contributed by atoms with Gasteiger partial charge in [-0.25, -0.2) is 0 Å². The molecule has 0 saturated heterocycles. The Morgan fingerprint density at radius 2 is 1.89 bits per heavy atom. The maximum absolute atomic E-state index is 3.71. The van der Waals surface area contributed by atoms with Crippen molar-refractivity contribution >= 4 is 0 Å². The van der Waals surface area contributed by atoms with Gasteiger partial charge in [-0.2, -0.15) is 0 Å². The topological polar surface area (TPSA) is 12.0 Å². The van der Waals surface area contributed by atoms with Crippen molar-refractivity contribution in [3.05, 3.63) is 70.3 Å². The number of benzene rings is 2. The predicted molar refractivity (Wildman–Crippen MR) is 80.3 cm³/mol. The number of hydrogen-bond donors (Lipinski definition) is 1. The lowest BCUT2D eigenvalue weighted by atomic mass is 10.0. The van der Waals surface area contributed by atoms with Gasteiger partial charge in [0.1, 0.15) is 0 Å². The van der Waals surface area contributed by atoms with Gasteiger partial charge in [-0.1, -0.05) is 53.6 Å². The summed E-state index contributed by atoms with van der Waals surface area (Å²) >= 11 is 0. The highest BCUT2D eigenvalue weighted by molar-refractivity contribution is 5.37. The predicted octanol–water partition coefficient (Wildman–Crippen LogP) is 4.08. The van der Waals surface area contributed by atoms with Crippen LogP contribution >= 0.6 is 0 Å². The van der Waals surface area contributed by atoms with Gasteiger partial charge in [0.05, 0.1) is 0 Å². The molecule has 1 atom stereocenters. The fraction of sp³-hybridized carbons (Fsp3) is 0.333. The average molecular weight is 251 g/mol. The van der Waals surface area contributed by atoms with Crippen LogP contribution in [0.2, 0.25) is 0 Å². The summed E-state index contributed by atoms with van der Waals surface area (Å²) in [5.41, 5.74) is 7.10. The standard InChI is InChI=1S/C18H21N/c1-13-4-3-5-15(10-13)12-19-18-9-8-16-7-6-14(2)11-17(16)18/h3-7,10-11,18-19H,8-9,12H2,1-2H3. The molecule has 0 spiro atoms. The largest absolute Gasteiger partial charge is 0.306 e. The van der Waals surface area contributed by atoms with Gasteiger partial charge in [-0.15, -0.1) is 0 Å². The SMILES string of the molecule is Cc1cccc(CNC2CCc3ccc(C)cc32)c1. The number of aryl methyl sites for hydroxylation is 3. The van der Waals surface area contributed by atoms with Crippen LogP contribution in [-0.4, -0.2) is 0 Å². The maximum atomic E-state index is 3.71. The van der Waals surface area contributed by atoms with E-state index in [-0.39, 0.29) is 0 Å². The molecule has 19 heavy (non-hydrogen) atoms. The molecule has 0 radical (unpaired) electrons. The number of rotatable bonds is 3. The molecule has 1 nitrogen and oxygen atoms in total. The molecular formula is C18H21N. The second-order valence-corrected chi connectivity index (χ2v) is 5.66. The maximum Gasteiger partial charge on any atom is 0.0329 e. The van der Waals surface area contributed by atoms with Crippen molar-refractivity contribution < 1.29 is 0 Å². The van der Waals surface area contributed by atoms with Crippen LogP contribution in [0.5, 0.6) is 0 Å². The van der Waals surface area contributed by atoms with Crippen molar-refractivity contribution in [1.82, 2.24) is 5.32 Å². The molecule has 0 aromatic heterocycles. The van der Waals surface area contributed by atoms with Crippen LogP contribution in [0.1, 0.15) is 40.3 Å². The van der Waals surface area contributed by atoms with Crippen molar-refractivity contribution in [3.8, 4) is 0 Å². The molecule has 2 aromatic carbocycles. The minimum atomic E-state index is 0.524. The second-order valence-electron chi connectivity index (χ2n) is 5.66. The summed E-state index contributed by atoms with van der Waals surface area (Å²) < 4.78 is 0. The molecular weight excluding hydrogens is 230 g/mol. The lowest BCUT2D eigenvalue weighted by Gasteiger charge is -2.15. The zero-order valence-corrected chi connectivity index (χ0v) is 11.7. The van der Waals surface area contributed by atoms with Crippen LogP contribution in [0.3, 0.4) is 0 Å². The summed E-state index contributed by atoms with van der Waals surface area (Å²) in [6.07, 6.45) is 2.44. The molecule has 1 aliphatic rings. The molecule has 0 fully saturated rings. The third-order valence-electron chi connectivity index (χ3n) is 4.01. The van der Waals surface area contributed by atoms with Crippen LogP contribution < -0.4 is 5.32 Å². The molecule has 1 unspecified atom stereocenters. The van der Waals surface area contributed by atoms with Gasteiger partial charge in [0.15, 0.2) is 0 Å². The van der Waals surface area contributed by atoms with E-state index in [1.165, 1.54) is 40.7 Å². The summed E-state index contributed by atoms with van der Waals surface area (Å²) in [6.45, 7) is 5.29. The first kappa shape index (κ1) is 12.4. The summed E-state index contributed by atoms with van der Waals surface area (Å²) in [4.78, 5) is 0. The Labute approximate surface area is 115 Å². The molecule has 98 valence electrons. The van der Waals surface area contributed by atoms with Gasteiger partial charge < -0.3 is 5.32 Å². The first-order valence-electron chi connectivity index (χ1n) is 7.11. The summed E-state index contributed by atoms with van der Waals surface area (Å²) in [5.74, 6) is 0. The van der Waals surface area contributed by atoms with Gasteiger partial charge in [-0.05, 0) is 43.4 Å². The van der Waals surface area contributed by atoms with E-state index in [0.29, 0.717) is 6.04 Å². The Balaban J connectivity index is 1.71. The van der Waals surface area contributed by atoms with Crippen LogP contribution in [0, 0.1) is 13.8 Å². The van der Waals surface area contributed by atoms with E-state index < -0.39 is 0 Å². The smallest absolute Gasteiger partial charge is 0.0329 e. The Kier molecular flexibility index (Phi) is 3.39. The summed E-state index contributed by atoms with van der Waals surface area (Å²) in [6, 6.07) is 16.1. The second kappa shape index (κ2) is 5.18. The van der Waals surface area contributed by atoms with Crippen LogP contribution in [-0.2, 0) is 13.0 Å². The minimum absolute atomic E-state index is 0.524. The van der Waals surface area contributed by atoms with Crippen LogP contribution in [0.25, 0.3) is 0 Å². The van der Waals surface area contributed by atoms with E-state index in [1.807, 2.05) is 0 Å². The Morgan fingerprint density at radius 1 is 1.05 bits per heavy atom. The van der Waals surface area contributed by atoms with Crippen molar-refractivity contribution in [2.24, 2.45) is 0 Å². The highest BCUT2D eigenvalue weighted by Gasteiger charge is 2.21. The third-order valence-corrected chi connectivity index (χ3v) is 4.01. The first-order valence-corrected chi connectivity index (χ1v) is 7.11. The van der Waals surface area contributed by atoms with Crippen molar-refractivity contribution in [2.75, 3.05) is 0 Å². The van der Waals surface area contributed by atoms with E-state index >= 15 is 0 Å². The third kappa shape index (κ3) is 2.71.